The molecule has 0 radical (unpaired) electrons. The summed E-state index contributed by atoms with van der Waals surface area (Å²) in [5.41, 5.74) is 2.26. The van der Waals surface area contributed by atoms with Crippen LogP contribution in [0.25, 0.3) is 5.69 Å². The molecule has 0 aliphatic carbocycles. The molecule has 0 unspecified atom stereocenters. The highest BCUT2D eigenvalue weighted by Gasteiger charge is 2.26. The van der Waals surface area contributed by atoms with Crippen molar-refractivity contribution >= 4 is 21.6 Å². The summed E-state index contributed by atoms with van der Waals surface area (Å²) in [6, 6.07) is 12.1. The molecule has 1 aliphatic heterocycles. The minimum Gasteiger partial charge on any atom is -0.495 e. The lowest BCUT2D eigenvalue weighted by molar-refractivity contribution is -0.117. The normalized spacial score (nSPS) is 14.3. The van der Waals surface area contributed by atoms with E-state index in [0.717, 1.165) is 23.5 Å². The molecule has 2 aromatic carbocycles. The molecule has 0 bridgehead atoms. The molecule has 9 heteroatoms. The molecule has 1 N–H and O–H groups in total. The first kappa shape index (κ1) is 21.1. The summed E-state index contributed by atoms with van der Waals surface area (Å²) in [7, 11) is -2.27. The van der Waals surface area contributed by atoms with Crippen molar-refractivity contribution in [2.45, 2.75) is 31.2 Å². The maximum atomic E-state index is 12.9. The summed E-state index contributed by atoms with van der Waals surface area (Å²) >= 11 is 0. The molecule has 0 saturated carbocycles. The number of imidazole rings is 1. The number of ether oxygens (including phenoxy) is 1. The van der Waals surface area contributed by atoms with Crippen LogP contribution in [0.15, 0.2) is 59.8 Å². The van der Waals surface area contributed by atoms with E-state index in [1.165, 1.54) is 19.2 Å². The topological polar surface area (TPSA) is 93.5 Å². The van der Waals surface area contributed by atoms with Crippen molar-refractivity contribution in [2.75, 3.05) is 18.6 Å². The van der Waals surface area contributed by atoms with E-state index in [9.17, 15) is 13.2 Å². The molecule has 31 heavy (non-hydrogen) atoms. The molecule has 4 rings (SSSR count). The largest absolute Gasteiger partial charge is 0.495 e. The van der Waals surface area contributed by atoms with E-state index < -0.39 is 10.0 Å². The van der Waals surface area contributed by atoms with Crippen LogP contribution in [-0.4, -0.2) is 37.5 Å². The zero-order valence-electron chi connectivity index (χ0n) is 17.4. The Balaban J connectivity index is 1.51. The number of nitrogens with one attached hydrogen (secondary N) is 1. The molecule has 8 nitrogen and oxygen atoms in total. The smallest absolute Gasteiger partial charge is 0.240 e. The number of methoxy groups -OCH3 is 1. The Kier molecular flexibility index (Phi) is 5.79. The summed E-state index contributed by atoms with van der Waals surface area (Å²) in [6.45, 7) is 2.62. The molecule has 3 aromatic rings. The van der Waals surface area contributed by atoms with E-state index in [4.69, 9.17) is 4.74 Å². The lowest BCUT2D eigenvalue weighted by Gasteiger charge is -2.20. The van der Waals surface area contributed by atoms with Gasteiger partial charge >= 0.3 is 0 Å². The Morgan fingerprint density at radius 1 is 1.16 bits per heavy atom. The van der Waals surface area contributed by atoms with E-state index in [1.54, 1.807) is 17.2 Å². The first-order chi connectivity index (χ1) is 14.9. The third kappa shape index (κ3) is 4.33. The molecule has 162 valence electrons. The summed E-state index contributed by atoms with van der Waals surface area (Å²) in [6.07, 6.45) is 4.80. The Labute approximate surface area is 181 Å². The average molecular weight is 441 g/mol. The fourth-order valence-corrected chi connectivity index (χ4v) is 4.67. The third-order valence-electron chi connectivity index (χ3n) is 5.33. The highest BCUT2D eigenvalue weighted by Crippen LogP contribution is 2.33. The Morgan fingerprint density at radius 2 is 1.94 bits per heavy atom. The number of nitrogens with zero attached hydrogens (tertiary/aromatic N) is 3. The van der Waals surface area contributed by atoms with Gasteiger partial charge in [0.15, 0.2) is 0 Å². The summed E-state index contributed by atoms with van der Waals surface area (Å²) in [5.74, 6) is 1.31. The van der Waals surface area contributed by atoms with Gasteiger partial charge in [-0.15, -0.1) is 0 Å². The van der Waals surface area contributed by atoms with E-state index in [2.05, 4.69) is 9.71 Å². The maximum Gasteiger partial charge on any atom is 0.240 e. The molecule has 1 amide bonds. The molecule has 1 saturated heterocycles. The van der Waals surface area contributed by atoms with Crippen LogP contribution in [0, 0.1) is 6.92 Å². The number of sulfonamides is 1. The monoisotopic (exact) mass is 440 g/mol. The highest BCUT2D eigenvalue weighted by atomic mass is 32.2. The van der Waals surface area contributed by atoms with Crippen LogP contribution in [-0.2, 0) is 21.4 Å². The second-order valence-electron chi connectivity index (χ2n) is 7.32. The van der Waals surface area contributed by atoms with E-state index in [0.29, 0.717) is 24.4 Å². The standard InChI is InChI=1S/C22H24N4O4S/c1-16-23-11-13-25(16)18-7-5-17(6-8-18)15-24-31(28,29)19-9-10-21(30-2)20(14-19)26-12-3-4-22(26)27/h5-11,13-14,24H,3-4,12,15H2,1-2H3. The van der Waals surface area contributed by atoms with E-state index in [1.807, 2.05) is 42.0 Å². The molecular formula is C22H24N4O4S. The number of aromatic nitrogens is 2. The number of anilines is 1. The van der Waals surface area contributed by atoms with Crippen LogP contribution in [0.1, 0.15) is 24.2 Å². The van der Waals surface area contributed by atoms with Crippen molar-refractivity contribution in [3.05, 3.63) is 66.2 Å². The molecular weight excluding hydrogens is 416 g/mol. The van der Waals surface area contributed by atoms with Crippen molar-refractivity contribution in [1.82, 2.24) is 14.3 Å². The van der Waals surface area contributed by atoms with Crippen LogP contribution < -0.4 is 14.4 Å². The van der Waals surface area contributed by atoms with Gasteiger partial charge in [-0.05, 0) is 49.2 Å². The van der Waals surface area contributed by atoms with Crippen molar-refractivity contribution in [3.8, 4) is 11.4 Å². The Hall–Kier alpha value is -3.17. The Bertz CT molecular complexity index is 1200. The van der Waals surface area contributed by atoms with Gasteiger partial charge in [0.1, 0.15) is 11.6 Å². The van der Waals surface area contributed by atoms with Gasteiger partial charge in [-0.2, -0.15) is 0 Å². The third-order valence-corrected chi connectivity index (χ3v) is 6.73. The molecule has 0 spiro atoms. The van der Waals surface area contributed by atoms with Gasteiger partial charge in [-0.25, -0.2) is 18.1 Å². The van der Waals surface area contributed by atoms with Crippen LogP contribution in [0.4, 0.5) is 5.69 Å². The number of hydrogen-bond acceptors (Lipinski definition) is 5. The first-order valence-corrected chi connectivity index (χ1v) is 11.4. The van der Waals surface area contributed by atoms with Gasteiger partial charge in [-0.3, -0.25) is 4.79 Å². The number of amides is 1. The molecule has 1 aliphatic rings. The minimum atomic E-state index is -3.77. The van der Waals surface area contributed by atoms with Gasteiger partial charge in [0.25, 0.3) is 0 Å². The number of hydrogen-bond donors (Lipinski definition) is 1. The van der Waals surface area contributed by atoms with Crippen molar-refractivity contribution < 1.29 is 17.9 Å². The zero-order chi connectivity index (χ0) is 22.0. The van der Waals surface area contributed by atoms with Crippen molar-refractivity contribution in [1.29, 1.82) is 0 Å². The highest BCUT2D eigenvalue weighted by molar-refractivity contribution is 7.89. The van der Waals surface area contributed by atoms with Gasteiger partial charge in [0, 0.05) is 37.6 Å². The number of carbonyl (C=O) groups is 1. The van der Waals surface area contributed by atoms with Crippen molar-refractivity contribution in [3.63, 3.8) is 0 Å². The second kappa shape index (κ2) is 8.52. The fourth-order valence-electron chi connectivity index (χ4n) is 3.64. The Morgan fingerprint density at radius 3 is 2.55 bits per heavy atom. The van der Waals surface area contributed by atoms with Gasteiger partial charge in [0.2, 0.25) is 15.9 Å². The quantitative estimate of drug-likeness (QED) is 0.610. The average Bonchev–Trinajstić information content (AvgIpc) is 3.40. The number of rotatable bonds is 7. The summed E-state index contributed by atoms with van der Waals surface area (Å²) in [4.78, 5) is 18.0. The van der Waals surface area contributed by atoms with E-state index in [-0.39, 0.29) is 17.3 Å². The second-order valence-corrected chi connectivity index (χ2v) is 9.08. The van der Waals surface area contributed by atoms with Crippen LogP contribution in [0.3, 0.4) is 0 Å². The van der Waals surface area contributed by atoms with Crippen LogP contribution >= 0.6 is 0 Å². The first-order valence-electron chi connectivity index (χ1n) is 9.96. The SMILES string of the molecule is COc1ccc(S(=O)(=O)NCc2ccc(-n3ccnc3C)cc2)cc1N1CCCC1=O. The zero-order valence-corrected chi connectivity index (χ0v) is 18.2. The van der Waals surface area contributed by atoms with Crippen LogP contribution in [0.2, 0.25) is 0 Å². The summed E-state index contributed by atoms with van der Waals surface area (Å²) in [5, 5.41) is 0. The van der Waals surface area contributed by atoms with Gasteiger partial charge in [-0.1, -0.05) is 12.1 Å². The van der Waals surface area contributed by atoms with Gasteiger partial charge in [0.05, 0.1) is 17.7 Å². The lowest BCUT2D eigenvalue weighted by atomic mass is 10.2. The number of carbonyl (C=O) groups excluding carboxylic acids is 1. The summed E-state index contributed by atoms with van der Waals surface area (Å²) < 4.78 is 35.7. The molecule has 0 atom stereocenters. The molecule has 1 fully saturated rings. The van der Waals surface area contributed by atoms with Crippen molar-refractivity contribution in [2.24, 2.45) is 0 Å². The predicted molar refractivity (Wildman–Crippen MR) is 117 cm³/mol. The minimum absolute atomic E-state index is 0.0333. The fraction of sp³-hybridized carbons (Fsp3) is 0.273. The van der Waals surface area contributed by atoms with Crippen LogP contribution in [0.5, 0.6) is 5.75 Å². The molecule has 1 aromatic heterocycles. The van der Waals surface area contributed by atoms with Gasteiger partial charge < -0.3 is 14.2 Å². The molecule has 2 heterocycles. The number of benzene rings is 2. The van der Waals surface area contributed by atoms with E-state index >= 15 is 0 Å². The lowest BCUT2D eigenvalue weighted by Crippen LogP contribution is -2.26. The maximum absolute atomic E-state index is 12.9. The number of aryl methyl sites for hydroxylation is 1. The predicted octanol–water partition coefficient (Wildman–Crippen LogP) is 2.79.